The standard InChI is InChI=1S/C25H21NO3/c1-18-10-2-5-13-21(18)28-17-9-8-16-26-25(27)24-19-11-3-6-14-22(19)29-23-15-7-4-12-20(23)24/h2-7,10-15,24H,16-17H2,1H3,(H,26,27). The Morgan fingerprint density at radius 1 is 0.931 bits per heavy atom. The van der Waals surface area contributed by atoms with Crippen LogP contribution in [0.4, 0.5) is 0 Å². The van der Waals surface area contributed by atoms with Crippen LogP contribution in [0.5, 0.6) is 17.2 Å². The Morgan fingerprint density at radius 3 is 2.24 bits per heavy atom. The van der Waals surface area contributed by atoms with Crippen LogP contribution in [0.15, 0.2) is 72.8 Å². The van der Waals surface area contributed by atoms with Gasteiger partial charge in [0.2, 0.25) is 5.91 Å². The van der Waals surface area contributed by atoms with E-state index >= 15 is 0 Å². The maximum atomic E-state index is 13.0. The van der Waals surface area contributed by atoms with E-state index in [1.54, 1.807) is 0 Å². The molecular formula is C25H21NO3. The summed E-state index contributed by atoms with van der Waals surface area (Å²) in [6, 6.07) is 23.1. The first-order valence-electron chi connectivity index (χ1n) is 9.51. The number of rotatable bonds is 4. The van der Waals surface area contributed by atoms with Crippen molar-refractivity contribution in [2.45, 2.75) is 12.8 Å². The lowest BCUT2D eigenvalue weighted by Crippen LogP contribution is -2.31. The number of hydrogen-bond acceptors (Lipinski definition) is 3. The van der Waals surface area contributed by atoms with Crippen molar-refractivity contribution >= 4 is 5.91 Å². The third-order valence-corrected chi connectivity index (χ3v) is 4.81. The number of ether oxygens (including phenoxy) is 2. The van der Waals surface area contributed by atoms with E-state index in [1.165, 1.54) is 0 Å². The van der Waals surface area contributed by atoms with E-state index in [1.807, 2.05) is 79.7 Å². The summed E-state index contributed by atoms with van der Waals surface area (Å²) in [5, 5.41) is 2.92. The Morgan fingerprint density at radius 2 is 1.55 bits per heavy atom. The largest absolute Gasteiger partial charge is 0.481 e. The lowest BCUT2D eigenvalue weighted by atomic mass is 9.87. The molecule has 4 heteroatoms. The molecule has 4 nitrogen and oxygen atoms in total. The Kier molecular flexibility index (Phi) is 5.49. The van der Waals surface area contributed by atoms with Gasteiger partial charge in [-0.05, 0) is 30.7 Å². The molecule has 3 aromatic rings. The molecule has 144 valence electrons. The van der Waals surface area contributed by atoms with Crippen molar-refractivity contribution in [3.8, 4) is 29.1 Å². The smallest absolute Gasteiger partial charge is 0.233 e. The minimum atomic E-state index is -0.416. The zero-order valence-electron chi connectivity index (χ0n) is 16.1. The van der Waals surface area contributed by atoms with Crippen LogP contribution in [0, 0.1) is 18.8 Å². The molecule has 0 spiro atoms. The Hall–Kier alpha value is -3.71. The predicted octanol–water partition coefficient (Wildman–Crippen LogP) is 4.43. The maximum absolute atomic E-state index is 13.0. The van der Waals surface area contributed by atoms with E-state index < -0.39 is 5.92 Å². The summed E-state index contributed by atoms with van der Waals surface area (Å²) in [6.45, 7) is 2.54. The van der Waals surface area contributed by atoms with Crippen molar-refractivity contribution in [3.05, 3.63) is 89.5 Å². The van der Waals surface area contributed by atoms with E-state index in [-0.39, 0.29) is 19.1 Å². The molecule has 0 radical (unpaired) electrons. The summed E-state index contributed by atoms with van der Waals surface area (Å²) in [6.07, 6.45) is 0. The summed E-state index contributed by atoms with van der Waals surface area (Å²) in [5.41, 5.74) is 2.79. The highest BCUT2D eigenvalue weighted by atomic mass is 16.5. The topological polar surface area (TPSA) is 47.6 Å². The molecule has 1 aliphatic heterocycles. The normalized spacial score (nSPS) is 11.9. The zero-order valence-corrected chi connectivity index (χ0v) is 16.1. The number of para-hydroxylation sites is 3. The average Bonchev–Trinajstić information content (AvgIpc) is 2.75. The monoisotopic (exact) mass is 383 g/mol. The highest BCUT2D eigenvalue weighted by Crippen LogP contribution is 2.43. The van der Waals surface area contributed by atoms with Gasteiger partial charge in [-0.25, -0.2) is 0 Å². The first-order valence-corrected chi connectivity index (χ1v) is 9.51. The van der Waals surface area contributed by atoms with Crippen LogP contribution < -0.4 is 14.8 Å². The summed E-state index contributed by atoms with van der Waals surface area (Å²) in [7, 11) is 0. The second-order valence-electron chi connectivity index (χ2n) is 6.74. The molecule has 1 aliphatic rings. The van der Waals surface area contributed by atoms with Crippen LogP contribution in [-0.2, 0) is 4.79 Å². The van der Waals surface area contributed by atoms with Crippen LogP contribution in [0.3, 0.4) is 0 Å². The fourth-order valence-corrected chi connectivity index (χ4v) is 3.37. The van der Waals surface area contributed by atoms with Gasteiger partial charge in [-0.15, -0.1) is 0 Å². The van der Waals surface area contributed by atoms with Crippen molar-refractivity contribution in [2.75, 3.05) is 13.2 Å². The Bertz CT molecular complexity index is 1050. The number of nitrogens with one attached hydrogen (secondary N) is 1. The molecule has 0 aromatic heterocycles. The first kappa shape index (κ1) is 18.6. The van der Waals surface area contributed by atoms with Gasteiger partial charge in [0.05, 0.1) is 12.5 Å². The van der Waals surface area contributed by atoms with E-state index in [0.717, 1.165) is 22.4 Å². The van der Waals surface area contributed by atoms with E-state index in [0.29, 0.717) is 11.5 Å². The van der Waals surface area contributed by atoms with Crippen molar-refractivity contribution in [1.82, 2.24) is 5.32 Å². The van der Waals surface area contributed by atoms with Crippen LogP contribution in [0.1, 0.15) is 22.6 Å². The quantitative estimate of drug-likeness (QED) is 0.678. The van der Waals surface area contributed by atoms with Gasteiger partial charge in [0.25, 0.3) is 0 Å². The molecule has 3 aromatic carbocycles. The fraction of sp³-hybridized carbons (Fsp3) is 0.160. The minimum Gasteiger partial charge on any atom is -0.481 e. The SMILES string of the molecule is Cc1ccccc1OCC#CCNC(=O)C1c2ccccc2Oc2ccccc21. The van der Waals surface area contributed by atoms with E-state index in [9.17, 15) is 4.79 Å². The van der Waals surface area contributed by atoms with Gasteiger partial charge in [0.15, 0.2) is 0 Å². The van der Waals surface area contributed by atoms with Crippen molar-refractivity contribution in [3.63, 3.8) is 0 Å². The zero-order chi connectivity index (χ0) is 20.1. The molecule has 0 unspecified atom stereocenters. The van der Waals surface area contributed by atoms with E-state index in [4.69, 9.17) is 9.47 Å². The Labute approximate surface area is 170 Å². The van der Waals surface area contributed by atoms with Gasteiger partial charge in [-0.1, -0.05) is 66.4 Å². The molecular weight excluding hydrogens is 362 g/mol. The van der Waals surface area contributed by atoms with Gasteiger partial charge >= 0.3 is 0 Å². The molecule has 4 rings (SSSR count). The van der Waals surface area contributed by atoms with Crippen LogP contribution in [0.25, 0.3) is 0 Å². The molecule has 0 bridgehead atoms. The van der Waals surface area contributed by atoms with Crippen molar-refractivity contribution in [1.29, 1.82) is 0 Å². The first-order chi connectivity index (χ1) is 14.2. The minimum absolute atomic E-state index is 0.0951. The number of hydrogen-bond donors (Lipinski definition) is 1. The summed E-state index contributed by atoms with van der Waals surface area (Å²) in [4.78, 5) is 13.0. The second-order valence-corrected chi connectivity index (χ2v) is 6.74. The molecule has 0 fully saturated rings. The highest BCUT2D eigenvalue weighted by Gasteiger charge is 2.31. The highest BCUT2D eigenvalue weighted by molar-refractivity contribution is 5.89. The van der Waals surface area contributed by atoms with Gasteiger partial charge in [-0.3, -0.25) is 4.79 Å². The van der Waals surface area contributed by atoms with Gasteiger partial charge < -0.3 is 14.8 Å². The third kappa shape index (κ3) is 4.09. The molecule has 0 saturated carbocycles. The van der Waals surface area contributed by atoms with Crippen LogP contribution >= 0.6 is 0 Å². The number of fused-ring (bicyclic) bond motifs is 2. The molecule has 1 amide bonds. The number of amides is 1. The number of carbonyl (C=O) groups is 1. The molecule has 1 N–H and O–H groups in total. The van der Waals surface area contributed by atoms with Crippen LogP contribution in [0.2, 0.25) is 0 Å². The third-order valence-electron chi connectivity index (χ3n) is 4.81. The number of carbonyl (C=O) groups excluding carboxylic acids is 1. The number of aryl methyl sites for hydroxylation is 1. The average molecular weight is 383 g/mol. The number of benzene rings is 3. The molecule has 29 heavy (non-hydrogen) atoms. The van der Waals surface area contributed by atoms with Crippen molar-refractivity contribution < 1.29 is 14.3 Å². The van der Waals surface area contributed by atoms with Gasteiger partial charge in [-0.2, -0.15) is 0 Å². The van der Waals surface area contributed by atoms with E-state index in [2.05, 4.69) is 17.2 Å². The van der Waals surface area contributed by atoms with Crippen LogP contribution in [-0.4, -0.2) is 19.1 Å². The van der Waals surface area contributed by atoms with Gasteiger partial charge in [0.1, 0.15) is 23.9 Å². The summed E-state index contributed by atoms with van der Waals surface area (Å²) >= 11 is 0. The Balaban J connectivity index is 1.40. The maximum Gasteiger partial charge on any atom is 0.233 e. The summed E-state index contributed by atoms with van der Waals surface area (Å²) in [5.74, 6) is 7.64. The molecule has 0 aliphatic carbocycles. The lowest BCUT2D eigenvalue weighted by molar-refractivity contribution is -0.121. The summed E-state index contributed by atoms with van der Waals surface area (Å²) < 4.78 is 11.6. The molecule has 0 saturated heterocycles. The molecule has 0 atom stereocenters. The van der Waals surface area contributed by atoms with Crippen molar-refractivity contribution in [2.24, 2.45) is 0 Å². The second kappa shape index (κ2) is 8.53. The molecule has 1 heterocycles. The van der Waals surface area contributed by atoms with Gasteiger partial charge in [0, 0.05) is 11.1 Å². The lowest BCUT2D eigenvalue weighted by Gasteiger charge is -2.27. The fourth-order valence-electron chi connectivity index (χ4n) is 3.37. The predicted molar refractivity (Wildman–Crippen MR) is 112 cm³/mol.